The van der Waals surface area contributed by atoms with E-state index in [1.54, 1.807) is 38.3 Å². The first kappa shape index (κ1) is 21.5. The van der Waals surface area contributed by atoms with Crippen molar-refractivity contribution in [2.45, 2.75) is 13.0 Å². The molecule has 0 aliphatic heterocycles. The van der Waals surface area contributed by atoms with Crippen LogP contribution >= 0.6 is 0 Å². The molecular weight excluding hydrogens is 387 g/mol. The van der Waals surface area contributed by atoms with Gasteiger partial charge in [0.1, 0.15) is 30.5 Å². The van der Waals surface area contributed by atoms with E-state index in [9.17, 15) is 17.6 Å². The number of nitrogens with zero attached hydrogens (tertiary/aromatic N) is 1. The molecule has 0 radical (unpaired) electrons. The van der Waals surface area contributed by atoms with Crippen LogP contribution in [0.15, 0.2) is 48.5 Å². The van der Waals surface area contributed by atoms with Gasteiger partial charge in [-0.2, -0.15) is 0 Å². The zero-order valence-corrected chi connectivity index (χ0v) is 16.7. The van der Waals surface area contributed by atoms with Crippen LogP contribution in [0.4, 0.5) is 10.1 Å². The monoisotopic (exact) mass is 410 g/mol. The molecule has 28 heavy (non-hydrogen) atoms. The number of hydrogen-bond acceptors (Lipinski definition) is 5. The number of anilines is 1. The third-order valence-electron chi connectivity index (χ3n) is 3.75. The SMILES string of the molecule is COc1ccc(OC[C@@H](C)NC(=O)CN(c2cccc(F)c2)S(C)(=O)=O)cc1. The first-order valence-electron chi connectivity index (χ1n) is 8.48. The molecule has 0 bridgehead atoms. The third-order valence-corrected chi connectivity index (χ3v) is 4.89. The molecule has 0 fully saturated rings. The van der Waals surface area contributed by atoms with E-state index in [1.807, 2.05) is 0 Å². The van der Waals surface area contributed by atoms with E-state index < -0.39 is 28.3 Å². The lowest BCUT2D eigenvalue weighted by atomic mass is 10.3. The van der Waals surface area contributed by atoms with Crippen molar-refractivity contribution in [2.75, 3.05) is 30.8 Å². The summed E-state index contributed by atoms with van der Waals surface area (Å²) in [5, 5.41) is 2.67. The standard InChI is InChI=1S/C19H23FN2O5S/c1-14(13-27-18-9-7-17(26-2)8-10-18)21-19(23)12-22(28(3,24)25)16-6-4-5-15(20)11-16/h4-11,14H,12-13H2,1-3H3,(H,21,23)/t14-/m1/s1. The van der Waals surface area contributed by atoms with Gasteiger partial charge in [-0.3, -0.25) is 9.10 Å². The molecule has 1 N–H and O–H groups in total. The molecular formula is C19H23FN2O5S. The van der Waals surface area contributed by atoms with E-state index in [1.165, 1.54) is 18.2 Å². The molecule has 0 heterocycles. The molecule has 0 spiro atoms. The van der Waals surface area contributed by atoms with Crippen LogP contribution in [-0.4, -0.2) is 46.9 Å². The molecule has 2 aromatic carbocycles. The first-order valence-corrected chi connectivity index (χ1v) is 10.3. The van der Waals surface area contributed by atoms with Crippen molar-refractivity contribution in [1.29, 1.82) is 0 Å². The summed E-state index contributed by atoms with van der Waals surface area (Å²) >= 11 is 0. The van der Waals surface area contributed by atoms with Crippen LogP contribution in [0.5, 0.6) is 11.5 Å². The van der Waals surface area contributed by atoms with Gasteiger partial charge in [0.05, 0.1) is 25.1 Å². The molecule has 0 aliphatic carbocycles. The van der Waals surface area contributed by atoms with Gasteiger partial charge in [-0.1, -0.05) is 6.07 Å². The normalized spacial score (nSPS) is 12.1. The van der Waals surface area contributed by atoms with Crippen LogP contribution in [0.25, 0.3) is 0 Å². The third kappa shape index (κ3) is 6.41. The number of sulfonamides is 1. The van der Waals surface area contributed by atoms with Crippen LogP contribution < -0.4 is 19.1 Å². The molecule has 0 aliphatic rings. The minimum atomic E-state index is -3.76. The Morgan fingerprint density at radius 1 is 1.18 bits per heavy atom. The summed E-state index contributed by atoms with van der Waals surface area (Å²) in [5.74, 6) is 0.194. The van der Waals surface area contributed by atoms with E-state index in [4.69, 9.17) is 9.47 Å². The molecule has 9 heteroatoms. The molecule has 1 atom stereocenters. The largest absolute Gasteiger partial charge is 0.497 e. The van der Waals surface area contributed by atoms with E-state index in [0.717, 1.165) is 16.6 Å². The molecule has 2 aromatic rings. The van der Waals surface area contributed by atoms with Crippen molar-refractivity contribution in [2.24, 2.45) is 0 Å². The lowest BCUT2D eigenvalue weighted by Crippen LogP contribution is -2.44. The number of benzene rings is 2. The van der Waals surface area contributed by atoms with Crippen LogP contribution in [0.3, 0.4) is 0 Å². The Morgan fingerprint density at radius 2 is 1.82 bits per heavy atom. The molecule has 0 unspecified atom stereocenters. The smallest absolute Gasteiger partial charge is 0.241 e. The lowest BCUT2D eigenvalue weighted by molar-refractivity contribution is -0.120. The average molecular weight is 410 g/mol. The zero-order chi connectivity index (χ0) is 20.7. The highest BCUT2D eigenvalue weighted by atomic mass is 32.2. The number of carbonyl (C=O) groups is 1. The second kappa shape index (κ2) is 9.41. The number of rotatable bonds is 9. The summed E-state index contributed by atoms with van der Waals surface area (Å²) in [6.07, 6.45) is 0.960. The van der Waals surface area contributed by atoms with Gasteiger partial charge < -0.3 is 14.8 Å². The summed E-state index contributed by atoms with van der Waals surface area (Å²) in [6, 6.07) is 11.7. The van der Waals surface area contributed by atoms with Gasteiger partial charge >= 0.3 is 0 Å². The van der Waals surface area contributed by atoms with Crippen molar-refractivity contribution >= 4 is 21.6 Å². The molecule has 152 valence electrons. The summed E-state index contributed by atoms with van der Waals surface area (Å²) in [4.78, 5) is 12.3. The second-order valence-corrected chi connectivity index (χ2v) is 8.11. The summed E-state index contributed by atoms with van der Waals surface area (Å²) < 4.78 is 49.0. The van der Waals surface area contributed by atoms with Crippen molar-refractivity contribution in [3.8, 4) is 11.5 Å². The van der Waals surface area contributed by atoms with E-state index >= 15 is 0 Å². The molecule has 0 aromatic heterocycles. The lowest BCUT2D eigenvalue weighted by Gasteiger charge is -2.23. The minimum Gasteiger partial charge on any atom is -0.497 e. The van der Waals surface area contributed by atoms with Gasteiger partial charge in [-0.05, 0) is 49.4 Å². The number of nitrogens with one attached hydrogen (secondary N) is 1. The Bertz CT molecular complexity index is 903. The Balaban J connectivity index is 1.94. The van der Waals surface area contributed by atoms with Crippen molar-refractivity contribution in [1.82, 2.24) is 5.32 Å². The molecule has 2 rings (SSSR count). The Kier molecular flexibility index (Phi) is 7.22. The highest BCUT2D eigenvalue weighted by Crippen LogP contribution is 2.19. The number of carbonyl (C=O) groups excluding carboxylic acids is 1. The van der Waals surface area contributed by atoms with Gasteiger partial charge in [-0.15, -0.1) is 0 Å². The fourth-order valence-corrected chi connectivity index (χ4v) is 3.27. The summed E-state index contributed by atoms with van der Waals surface area (Å²) in [6.45, 7) is 1.46. The highest BCUT2D eigenvalue weighted by molar-refractivity contribution is 7.92. The summed E-state index contributed by atoms with van der Waals surface area (Å²) in [5.41, 5.74) is 0.0831. The van der Waals surface area contributed by atoms with E-state index in [0.29, 0.717) is 11.5 Å². The number of methoxy groups -OCH3 is 1. The summed E-state index contributed by atoms with van der Waals surface area (Å²) in [7, 11) is -2.20. The number of halogens is 1. The predicted octanol–water partition coefficient (Wildman–Crippen LogP) is 2.18. The predicted molar refractivity (Wildman–Crippen MR) is 105 cm³/mol. The first-order chi connectivity index (χ1) is 13.2. The average Bonchev–Trinajstić information content (AvgIpc) is 2.64. The van der Waals surface area contributed by atoms with E-state index in [2.05, 4.69) is 5.32 Å². The quantitative estimate of drug-likeness (QED) is 0.685. The van der Waals surface area contributed by atoms with Crippen LogP contribution in [-0.2, 0) is 14.8 Å². The van der Waals surface area contributed by atoms with Crippen LogP contribution in [0.2, 0.25) is 0 Å². The van der Waals surface area contributed by atoms with Gasteiger partial charge in [0.2, 0.25) is 15.9 Å². The van der Waals surface area contributed by atoms with Gasteiger partial charge in [0.25, 0.3) is 0 Å². The maximum Gasteiger partial charge on any atom is 0.241 e. The fourth-order valence-electron chi connectivity index (χ4n) is 2.42. The minimum absolute atomic E-state index is 0.0831. The Hall–Kier alpha value is -2.81. The number of hydrogen-bond donors (Lipinski definition) is 1. The maximum absolute atomic E-state index is 13.4. The fraction of sp³-hybridized carbons (Fsp3) is 0.316. The maximum atomic E-state index is 13.4. The van der Waals surface area contributed by atoms with Gasteiger partial charge in [0, 0.05) is 0 Å². The second-order valence-electron chi connectivity index (χ2n) is 6.20. The van der Waals surface area contributed by atoms with Crippen molar-refractivity contribution in [3.63, 3.8) is 0 Å². The Labute approximate surface area is 164 Å². The van der Waals surface area contributed by atoms with Crippen LogP contribution in [0.1, 0.15) is 6.92 Å². The van der Waals surface area contributed by atoms with Crippen molar-refractivity contribution in [3.05, 3.63) is 54.3 Å². The van der Waals surface area contributed by atoms with Crippen molar-refractivity contribution < 1.29 is 27.1 Å². The molecule has 0 saturated heterocycles. The van der Waals surface area contributed by atoms with Gasteiger partial charge in [-0.25, -0.2) is 12.8 Å². The Morgan fingerprint density at radius 3 is 2.39 bits per heavy atom. The van der Waals surface area contributed by atoms with Crippen LogP contribution in [0, 0.1) is 5.82 Å². The zero-order valence-electron chi connectivity index (χ0n) is 15.9. The van der Waals surface area contributed by atoms with E-state index in [-0.39, 0.29) is 18.3 Å². The van der Waals surface area contributed by atoms with Gasteiger partial charge in [0.15, 0.2) is 0 Å². The topological polar surface area (TPSA) is 84.9 Å². The number of amides is 1. The molecule has 7 nitrogen and oxygen atoms in total. The number of ether oxygens (including phenoxy) is 2. The highest BCUT2D eigenvalue weighted by Gasteiger charge is 2.22. The molecule has 0 saturated carbocycles. The molecule has 1 amide bonds.